The Kier molecular flexibility index (Phi) is 4.49. The van der Waals surface area contributed by atoms with Gasteiger partial charge in [-0.2, -0.15) is 0 Å². The second-order valence-electron chi connectivity index (χ2n) is 3.66. The van der Waals surface area contributed by atoms with Gasteiger partial charge in [0.15, 0.2) is 0 Å². The highest BCUT2D eigenvalue weighted by Gasteiger charge is 2.11. The third-order valence-electron chi connectivity index (χ3n) is 2.17. The maximum absolute atomic E-state index is 11.5. The molecule has 1 amide bonds. The van der Waals surface area contributed by atoms with E-state index in [4.69, 9.17) is 5.11 Å². The van der Waals surface area contributed by atoms with Crippen LogP contribution in [0, 0.1) is 6.92 Å². The Morgan fingerprint density at radius 1 is 1.38 bits per heavy atom. The van der Waals surface area contributed by atoms with Crippen LogP contribution in [-0.4, -0.2) is 28.9 Å². The number of hydrogen-bond donors (Lipinski definition) is 1. The molecule has 1 rings (SSSR count). The van der Waals surface area contributed by atoms with E-state index in [1.807, 2.05) is 19.1 Å². The van der Waals surface area contributed by atoms with Crippen LogP contribution in [0.1, 0.15) is 22.6 Å². The van der Waals surface area contributed by atoms with E-state index < -0.39 is 5.97 Å². The van der Waals surface area contributed by atoms with Crippen molar-refractivity contribution in [3.8, 4) is 0 Å². The molecular weight excluding hydrogens is 226 g/mol. The third-order valence-corrected chi connectivity index (χ3v) is 3.15. The van der Waals surface area contributed by atoms with Gasteiger partial charge in [-0.05, 0) is 19.1 Å². The molecular formula is C11H15NO3S. The fourth-order valence-corrected chi connectivity index (χ4v) is 2.24. The molecule has 0 aliphatic heterocycles. The lowest BCUT2D eigenvalue weighted by Gasteiger charge is -2.15. The molecule has 88 valence electrons. The zero-order valence-corrected chi connectivity index (χ0v) is 10.2. The number of thiophene rings is 1. The summed E-state index contributed by atoms with van der Waals surface area (Å²) in [6.07, 6.45) is -0.0389. The first-order valence-electron chi connectivity index (χ1n) is 5.00. The summed E-state index contributed by atoms with van der Waals surface area (Å²) in [5.74, 6) is -1.07. The number of carbonyl (C=O) groups is 2. The van der Waals surface area contributed by atoms with Gasteiger partial charge in [0.25, 0.3) is 0 Å². The molecule has 0 fully saturated rings. The monoisotopic (exact) mass is 241 g/mol. The van der Waals surface area contributed by atoms with Gasteiger partial charge in [-0.15, -0.1) is 11.3 Å². The molecule has 0 saturated carbocycles. The third kappa shape index (κ3) is 4.02. The van der Waals surface area contributed by atoms with Crippen LogP contribution >= 0.6 is 11.3 Å². The molecule has 0 atom stereocenters. The molecule has 0 aliphatic carbocycles. The Hall–Kier alpha value is -1.36. The summed E-state index contributed by atoms with van der Waals surface area (Å²) in [4.78, 5) is 25.7. The van der Waals surface area contributed by atoms with Crippen molar-refractivity contribution in [3.63, 3.8) is 0 Å². The summed E-state index contributed by atoms with van der Waals surface area (Å²) in [6.45, 7) is 2.57. The quantitative estimate of drug-likeness (QED) is 0.856. The van der Waals surface area contributed by atoms with Crippen molar-refractivity contribution in [2.75, 3.05) is 7.05 Å². The van der Waals surface area contributed by atoms with Crippen LogP contribution in [0.3, 0.4) is 0 Å². The number of carboxylic acids is 1. The number of carbonyl (C=O) groups excluding carboxylic acids is 1. The Labute approximate surface area is 98.5 Å². The number of nitrogens with zero attached hydrogens (tertiary/aromatic N) is 1. The molecule has 0 aromatic carbocycles. The van der Waals surface area contributed by atoms with Gasteiger partial charge in [0, 0.05) is 23.2 Å². The first-order chi connectivity index (χ1) is 7.49. The number of aliphatic carboxylic acids is 1. The van der Waals surface area contributed by atoms with Crippen molar-refractivity contribution in [3.05, 3.63) is 21.9 Å². The molecule has 1 heterocycles. The molecule has 1 aromatic rings. The fraction of sp³-hybridized carbons (Fsp3) is 0.455. The van der Waals surface area contributed by atoms with Crippen molar-refractivity contribution in [2.24, 2.45) is 0 Å². The Bertz CT molecular complexity index is 386. The van der Waals surface area contributed by atoms with E-state index >= 15 is 0 Å². The molecule has 5 heteroatoms. The maximum Gasteiger partial charge on any atom is 0.303 e. The van der Waals surface area contributed by atoms with Gasteiger partial charge in [0.1, 0.15) is 0 Å². The minimum atomic E-state index is -0.936. The summed E-state index contributed by atoms with van der Waals surface area (Å²) in [6, 6.07) is 4.00. The molecule has 4 nitrogen and oxygen atoms in total. The smallest absolute Gasteiger partial charge is 0.303 e. The molecule has 0 radical (unpaired) electrons. The van der Waals surface area contributed by atoms with E-state index in [1.165, 1.54) is 4.88 Å². The summed E-state index contributed by atoms with van der Waals surface area (Å²) in [5, 5.41) is 8.47. The molecule has 16 heavy (non-hydrogen) atoms. The topological polar surface area (TPSA) is 57.6 Å². The zero-order valence-electron chi connectivity index (χ0n) is 9.40. The average molecular weight is 241 g/mol. The Morgan fingerprint density at radius 2 is 2.06 bits per heavy atom. The van der Waals surface area contributed by atoms with Gasteiger partial charge < -0.3 is 10.0 Å². The SMILES string of the molecule is Cc1ccc(CN(C)C(=O)CCC(=O)O)s1. The van der Waals surface area contributed by atoms with Crippen LogP contribution in [0.2, 0.25) is 0 Å². The zero-order chi connectivity index (χ0) is 12.1. The second kappa shape index (κ2) is 5.65. The van der Waals surface area contributed by atoms with Gasteiger partial charge >= 0.3 is 5.97 Å². The molecule has 0 saturated heterocycles. The highest BCUT2D eigenvalue weighted by Crippen LogP contribution is 2.16. The lowest BCUT2D eigenvalue weighted by atomic mass is 10.3. The highest BCUT2D eigenvalue weighted by molar-refractivity contribution is 7.11. The van der Waals surface area contributed by atoms with Gasteiger partial charge in [-0.3, -0.25) is 9.59 Å². The van der Waals surface area contributed by atoms with E-state index in [1.54, 1.807) is 23.3 Å². The van der Waals surface area contributed by atoms with Crippen molar-refractivity contribution >= 4 is 23.2 Å². The molecule has 0 bridgehead atoms. The lowest BCUT2D eigenvalue weighted by molar-refractivity contribution is -0.140. The highest BCUT2D eigenvalue weighted by atomic mass is 32.1. The van der Waals surface area contributed by atoms with Crippen LogP contribution in [0.25, 0.3) is 0 Å². The van der Waals surface area contributed by atoms with Crippen molar-refractivity contribution < 1.29 is 14.7 Å². The number of carboxylic acid groups (broad SMARTS) is 1. The molecule has 1 aromatic heterocycles. The van der Waals surface area contributed by atoms with Crippen LogP contribution in [0.15, 0.2) is 12.1 Å². The second-order valence-corrected chi connectivity index (χ2v) is 5.03. The molecule has 0 unspecified atom stereocenters. The van der Waals surface area contributed by atoms with E-state index in [9.17, 15) is 9.59 Å². The Balaban J connectivity index is 2.42. The van der Waals surface area contributed by atoms with Gasteiger partial charge in [0.05, 0.1) is 13.0 Å². The first kappa shape index (κ1) is 12.7. The standard InChI is InChI=1S/C11H15NO3S/c1-8-3-4-9(16-8)7-12(2)10(13)5-6-11(14)15/h3-4H,5-7H2,1-2H3,(H,14,15). The maximum atomic E-state index is 11.5. The summed E-state index contributed by atoms with van der Waals surface area (Å²) in [5.41, 5.74) is 0. The first-order valence-corrected chi connectivity index (χ1v) is 5.81. The van der Waals surface area contributed by atoms with Crippen LogP contribution in [-0.2, 0) is 16.1 Å². The minimum Gasteiger partial charge on any atom is -0.481 e. The number of rotatable bonds is 5. The molecule has 0 aliphatic rings. The molecule has 0 spiro atoms. The van der Waals surface area contributed by atoms with Crippen LogP contribution < -0.4 is 0 Å². The van der Waals surface area contributed by atoms with Gasteiger partial charge in [0.2, 0.25) is 5.91 Å². The van der Waals surface area contributed by atoms with Crippen LogP contribution in [0.5, 0.6) is 0 Å². The molecule has 1 N–H and O–H groups in total. The lowest BCUT2D eigenvalue weighted by Crippen LogP contribution is -2.26. The summed E-state index contributed by atoms with van der Waals surface area (Å²) in [7, 11) is 1.69. The number of aryl methyl sites for hydroxylation is 1. The van der Waals surface area contributed by atoms with E-state index in [0.717, 1.165) is 4.88 Å². The predicted molar refractivity (Wildman–Crippen MR) is 62.4 cm³/mol. The number of amides is 1. The van der Waals surface area contributed by atoms with Gasteiger partial charge in [-0.25, -0.2) is 0 Å². The van der Waals surface area contributed by atoms with Crippen molar-refractivity contribution in [1.29, 1.82) is 0 Å². The van der Waals surface area contributed by atoms with Crippen molar-refractivity contribution in [1.82, 2.24) is 4.90 Å². The van der Waals surface area contributed by atoms with E-state index in [2.05, 4.69) is 0 Å². The fourth-order valence-electron chi connectivity index (χ4n) is 1.30. The largest absolute Gasteiger partial charge is 0.481 e. The minimum absolute atomic E-state index is 0.0657. The summed E-state index contributed by atoms with van der Waals surface area (Å²) >= 11 is 1.65. The number of hydrogen-bond acceptors (Lipinski definition) is 3. The van der Waals surface area contributed by atoms with E-state index in [-0.39, 0.29) is 18.7 Å². The van der Waals surface area contributed by atoms with Gasteiger partial charge in [-0.1, -0.05) is 0 Å². The van der Waals surface area contributed by atoms with E-state index in [0.29, 0.717) is 6.54 Å². The predicted octanol–water partition coefficient (Wildman–Crippen LogP) is 1.88. The summed E-state index contributed by atoms with van der Waals surface area (Å²) < 4.78 is 0. The van der Waals surface area contributed by atoms with Crippen molar-refractivity contribution in [2.45, 2.75) is 26.3 Å². The van der Waals surface area contributed by atoms with Crippen LogP contribution in [0.4, 0.5) is 0 Å². The Morgan fingerprint density at radius 3 is 2.56 bits per heavy atom. The average Bonchev–Trinajstić information content (AvgIpc) is 2.60. The normalized spacial score (nSPS) is 10.1.